The van der Waals surface area contributed by atoms with E-state index >= 15 is 0 Å². The number of aromatic nitrogens is 1. The number of rotatable bonds is 4. The van der Waals surface area contributed by atoms with Gasteiger partial charge in [0.2, 0.25) is 5.89 Å². The number of nitrogens with one attached hydrogen (secondary N) is 1. The number of carboxylic acids is 1. The van der Waals surface area contributed by atoms with Crippen LogP contribution in [0.3, 0.4) is 0 Å². The lowest BCUT2D eigenvalue weighted by molar-refractivity contribution is 0.0696. The molecule has 3 aromatic rings. The molecule has 4 rings (SSSR count). The highest BCUT2D eigenvalue weighted by Gasteiger charge is 2.27. The van der Waals surface area contributed by atoms with Crippen LogP contribution in [-0.2, 0) is 28.3 Å². The summed E-state index contributed by atoms with van der Waals surface area (Å²) < 4.78 is 34.5. The number of nitrogens with zero attached hydrogens (tertiary/aromatic N) is 1. The molecule has 1 heterocycles. The van der Waals surface area contributed by atoms with E-state index in [-0.39, 0.29) is 15.9 Å². The largest absolute Gasteiger partial charge is 0.478 e. The molecule has 0 saturated heterocycles. The van der Waals surface area contributed by atoms with Gasteiger partial charge in [0.15, 0.2) is 5.58 Å². The van der Waals surface area contributed by atoms with Crippen LogP contribution in [0.15, 0.2) is 39.6 Å². The minimum absolute atomic E-state index is 0.0206. The van der Waals surface area contributed by atoms with E-state index in [1.807, 2.05) is 20.8 Å². The van der Waals surface area contributed by atoms with Crippen molar-refractivity contribution in [1.82, 2.24) is 4.98 Å². The van der Waals surface area contributed by atoms with Gasteiger partial charge in [-0.05, 0) is 60.7 Å². The molecule has 152 valence electrons. The van der Waals surface area contributed by atoms with E-state index in [1.165, 1.54) is 6.07 Å². The number of aromatic carboxylic acids is 1. The summed E-state index contributed by atoms with van der Waals surface area (Å²) in [5, 5.41) is 9.35. The summed E-state index contributed by atoms with van der Waals surface area (Å²) in [6.45, 7) is 5.95. The molecule has 0 fully saturated rings. The lowest BCUT2D eigenvalue weighted by Gasteiger charge is -2.13. The number of hydrogen-bond acceptors (Lipinski definition) is 5. The fraction of sp³-hybridized carbons (Fsp3) is 0.333. The second kappa shape index (κ2) is 6.59. The van der Waals surface area contributed by atoms with Gasteiger partial charge in [0.05, 0.1) is 16.1 Å². The van der Waals surface area contributed by atoms with Gasteiger partial charge in [-0.15, -0.1) is 0 Å². The van der Waals surface area contributed by atoms with Gasteiger partial charge < -0.3 is 9.52 Å². The average molecular weight is 414 g/mol. The first-order chi connectivity index (χ1) is 13.5. The smallest absolute Gasteiger partial charge is 0.335 e. The fourth-order valence-corrected chi connectivity index (χ4v) is 4.94. The highest BCUT2D eigenvalue weighted by molar-refractivity contribution is 7.92. The molecule has 0 amide bonds. The van der Waals surface area contributed by atoms with Crippen LogP contribution in [0.5, 0.6) is 0 Å². The SMILES string of the molecule is CC(C)(C)c1nc2cc(NS(=O)(=O)c3cc(C(=O)O)cc4c3CCC4)ccc2o1. The molecular formula is C21H22N2O5S. The summed E-state index contributed by atoms with van der Waals surface area (Å²) in [6.07, 6.45) is 2.10. The minimum Gasteiger partial charge on any atom is -0.478 e. The van der Waals surface area contributed by atoms with Gasteiger partial charge >= 0.3 is 5.97 Å². The molecule has 0 spiro atoms. The zero-order chi connectivity index (χ0) is 21.0. The molecule has 0 bridgehead atoms. The summed E-state index contributed by atoms with van der Waals surface area (Å²) in [5.41, 5.74) is 2.67. The Hall–Kier alpha value is -2.87. The molecule has 0 saturated carbocycles. The van der Waals surface area contributed by atoms with Gasteiger partial charge in [0.1, 0.15) is 5.52 Å². The van der Waals surface area contributed by atoms with Crippen molar-refractivity contribution < 1.29 is 22.7 Å². The number of anilines is 1. The molecule has 1 aliphatic rings. The van der Waals surface area contributed by atoms with Crippen LogP contribution in [0.1, 0.15) is 54.6 Å². The van der Waals surface area contributed by atoms with Gasteiger partial charge in [-0.3, -0.25) is 4.72 Å². The molecule has 0 unspecified atom stereocenters. The van der Waals surface area contributed by atoms with E-state index in [2.05, 4.69) is 9.71 Å². The number of benzene rings is 2. The second-order valence-corrected chi connectivity index (χ2v) is 9.98. The number of oxazole rings is 1. The number of aryl methyl sites for hydroxylation is 1. The highest BCUT2D eigenvalue weighted by Crippen LogP contribution is 2.32. The first kappa shape index (κ1) is 19.4. The third-order valence-corrected chi connectivity index (χ3v) is 6.44. The van der Waals surface area contributed by atoms with Crippen LogP contribution >= 0.6 is 0 Å². The molecule has 2 aromatic carbocycles. The Morgan fingerprint density at radius 3 is 2.62 bits per heavy atom. The number of hydrogen-bond donors (Lipinski definition) is 2. The van der Waals surface area contributed by atoms with E-state index in [1.54, 1.807) is 24.3 Å². The van der Waals surface area contributed by atoms with Gasteiger partial charge in [0, 0.05) is 5.41 Å². The predicted octanol–water partition coefficient (Wildman–Crippen LogP) is 4.11. The lowest BCUT2D eigenvalue weighted by atomic mass is 9.97. The molecular weight excluding hydrogens is 392 g/mol. The maximum Gasteiger partial charge on any atom is 0.335 e. The van der Waals surface area contributed by atoms with Crippen molar-refractivity contribution in [2.75, 3.05) is 4.72 Å². The van der Waals surface area contributed by atoms with Crippen LogP contribution in [0.4, 0.5) is 5.69 Å². The first-order valence-corrected chi connectivity index (χ1v) is 10.9. The minimum atomic E-state index is -3.96. The van der Waals surface area contributed by atoms with E-state index in [9.17, 15) is 18.3 Å². The van der Waals surface area contributed by atoms with E-state index in [4.69, 9.17) is 4.42 Å². The van der Waals surface area contributed by atoms with Crippen molar-refractivity contribution in [2.45, 2.75) is 50.3 Å². The number of fused-ring (bicyclic) bond motifs is 2. The molecule has 8 heteroatoms. The normalized spacial score (nSPS) is 14.2. The quantitative estimate of drug-likeness (QED) is 0.665. The molecule has 2 N–H and O–H groups in total. The van der Waals surface area contributed by atoms with Gasteiger partial charge in [-0.2, -0.15) is 0 Å². The van der Waals surface area contributed by atoms with E-state index in [0.29, 0.717) is 41.1 Å². The molecule has 29 heavy (non-hydrogen) atoms. The Morgan fingerprint density at radius 1 is 1.17 bits per heavy atom. The average Bonchev–Trinajstić information content (AvgIpc) is 3.26. The Morgan fingerprint density at radius 2 is 1.93 bits per heavy atom. The van der Waals surface area contributed by atoms with E-state index < -0.39 is 16.0 Å². The third kappa shape index (κ3) is 3.60. The van der Waals surface area contributed by atoms with Crippen LogP contribution in [0, 0.1) is 0 Å². The number of carbonyl (C=O) groups is 1. The number of sulfonamides is 1. The lowest BCUT2D eigenvalue weighted by Crippen LogP contribution is -2.16. The highest BCUT2D eigenvalue weighted by atomic mass is 32.2. The molecule has 0 radical (unpaired) electrons. The first-order valence-electron chi connectivity index (χ1n) is 9.37. The fourth-order valence-electron chi connectivity index (χ4n) is 3.55. The third-order valence-electron chi connectivity index (χ3n) is 4.99. The van der Waals surface area contributed by atoms with Gasteiger partial charge in [-0.25, -0.2) is 18.2 Å². The topological polar surface area (TPSA) is 110 Å². The summed E-state index contributed by atoms with van der Waals surface area (Å²) in [5.74, 6) is -0.575. The maximum atomic E-state index is 13.1. The van der Waals surface area contributed by atoms with Gasteiger partial charge in [0.25, 0.3) is 10.0 Å². The Kier molecular flexibility index (Phi) is 4.42. The van der Waals surface area contributed by atoms with Crippen molar-refractivity contribution in [3.8, 4) is 0 Å². The summed E-state index contributed by atoms with van der Waals surface area (Å²) in [6, 6.07) is 7.71. The van der Waals surface area contributed by atoms with Crippen molar-refractivity contribution >= 4 is 32.8 Å². The molecule has 0 aliphatic heterocycles. The summed E-state index contributed by atoms with van der Waals surface area (Å²) >= 11 is 0. The summed E-state index contributed by atoms with van der Waals surface area (Å²) in [4.78, 5) is 15.9. The van der Waals surface area contributed by atoms with Crippen molar-refractivity contribution in [3.63, 3.8) is 0 Å². The van der Waals surface area contributed by atoms with Crippen LogP contribution in [0.2, 0.25) is 0 Å². The van der Waals surface area contributed by atoms with Crippen LogP contribution in [-0.4, -0.2) is 24.5 Å². The Labute approximate surface area is 168 Å². The number of carboxylic acid groups (broad SMARTS) is 1. The predicted molar refractivity (Wildman–Crippen MR) is 109 cm³/mol. The monoisotopic (exact) mass is 414 g/mol. The second-order valence-electron chi connectivity index (χ2n) is 8.33. The van der Waals surface area contributed by atoms with Crippen LogP contribution < -0.4 is 4.72 Å². The van der Waals surface area contributed by atoms with Gasteiger partial charge in [-0.1, -0.05) is 20.8 Å². The Balaban J connectivity index is 1.73. The van der Waals surface area contributed by atoms with Crippen LogP contribution in [0.25, 0.3) is 11.1 Å². The molecule has 1 aliphatic carbocycles. The summed E-state index contributed by atoms with van der Waals surface area (Å²) in [7, 11) is -3.96. The molecule has 7 nitrogen and oxygen atoms in total. The maximum absolute atomic E-state index is 13.1. The zero-order valence-electron chi connectivity index (χ0n) is 16.4. The van der Waals surface area contributed by atoms with Crippen molar-refractivity contribution in [1.29, 1.82) is 0 Å². The van der Waals surface area contributed by atoms with E-state index in [0.717, 1.165) is 12.0 Å². The molecule has 1 aromatic heterocycles. The van der Waals surface area contributed by atoms with Crippen molar-refractivity contribution in [2.24, 2.45) is 0 Å². The van der Waals surface area contributed by atoms with Crippen molar-refractivity contribution in [3.05, 3.63) is 52.9 Å². The Bertz CT molecular complexity index is 1240. The standard InChI is InChI=1S/C21H22N2O5S/c1-21(2,3)20-22-16-11-14(7-8-17(16)28-20)23-29(26,27)18-10-13(19(24)25)9-12-5-4-6-15(12)18/h7-11,23H,4-6H2,1-3H3,(H,24,25). The zero-order valence-corrected chi connectivity index (χ0v) is 17.3. The molecule has 0 atom stereocenters.